The van der Waals surface area contributed by atoms with Crippen molar-refractivity contribution < 1.29 is 19.0 Å². The van der Waals surface area contributed by atoms with Crippen LogP contribution in [0.5, 0.6) is 0 Å². The first kappa shape index (κ1) is 16.6. The van der Waals surface area contributed by atoms with E-state index in [1.807, 2.05) is 0 Å². The first-order valence-corrected chi connectivity index (χ1v) is 6.48. The second-order valence-corrected chi connectivity index (χ2v) is 4.59. The molecule has 2 N–H and O–H groups in total. The average molecular weight is 302 g/mol. The summed E-state index contributed by atoms with van der Waals surface area (Å²) in [5.74, 6) is -0.822. The van der Waals surface area contributed by atoms with Gasteiger partial charge in [-0.05, 0) is 30.2 Å². The van der Waals surface area contributed by atoms with Crippen molar-refractivity contribution in [3.63, 3.8) is 0 Å². The van der Waals surface area contributed by atoms with E-state index in [2.05, 4.69) is 5.32 Å². The second-order valence-electron chi connectivity index (χ2n) is 4.18. The fourth-order valence-corrected chi connectivity index (χ4v) is 1.78. The Morgan fingerprint density at radius 1 is 1.60 bits per heavy atom. The van der Waals surface area contributed by atoms with Gasteiger partial charge in [-0.15, -0.1) is 0 Å². The lowest BCUT2D eigenvalue weighted by atomic mass is 10.2. The monoisotopic (exact) mass is 301 g/mol. The molecule has 0 bridgehead atoms. The van der Waals surface area contributed by atoms with Crippen LogP contribution >= 0.6 is 11.6 Å². The Morgan fingerprint density at radius 3 is 2.95 bits per heavy atom. The van der Waals surface area contributed by atoms with Crippen molar-refractivity contribution >= 4 is 23.6 Å². The number of halogens is 2. The Bertz CT molecular complexity index is 473. The summed E-state index contributed by atoms with van der Waals surface area (Å²) in [6, 6.07) is 3.94. The molecule has 1 unspecified atom stereocenters. The molecule has 1 rings (SSSR count). The summed E-state index contributed by atoms with van der Waals surface area (Å²) in [5, 5.41) is 11.6. The topological polar surface area (TPSA) is 58.6 Å². The van der Waals surface area contributed by atoms with E-state index < -0.39 is 5.82 Å². The van der Waals surface area contributed by atoms with E-state index in [-0.39, 0.29) is 23.6 Å². The van der Waals surface area contributed by atoms with Crippen LogP contribution in [0.15, 0.2) is 24.3 Å². The van der Waals surface area contributed by atoms with Crippen molar-refractivity contribution in [3.05, 3.63) is 40.7 Å². The Balaban J connectivity index is 2.59. The molecule has 4 nitrogen and oxygen atoms in total. The lowest BCUT2D eigenvalue weighted by Crippen LogP contribution is -2.37. The summed E-state index contributed by atoms with van der Waals surface area (Å²) < 4.78 is 17.9. The van der Waals surface area contributed by atoms with Crippen molar-refractivity contribution in [1.82, 2.24) is 5.32 Å². The molecule has 1 aromatic rings. The number of benzene rings is 1. The first-order valence-electron chi connectivity index (χ1n) is 6.10. The second kappa shape index (κ2) is 8.68. The first-order chi connectivity index (χ1) is 9.56. The lowest BCUT2D eigenvalue weighted by Gasteiger charge is -2.15. The fraction of sp³-hybridized carbons (Fsp3) is 0.357. The molecule has 0 heterocycles. The summed E-state index contributed by atoms with van der Waals surface area (Å²) in [6.07, 6.45) is 3.27. The van der Waals surface area contributed by atoms with E-state index >= 15 is 0 Å². The molecule has 0 saturated heterocycles. The third-order valence-corrected chi connectivity index (χ3v) is 2.85. The van der Waals surface area contributed by atoms with E-state index in [4.69, 9.17) is 21.4 Å². The normalized spacial score (nSPS) is 12.6. The maximum absolute atomic E-state index is 13.0. The van der Waals surface area contributed by atoms with E-state index in [9.17, 15) is 9.18 Å². The Hall–Kier alpha value is -1.43. The van der Waals surface area contributed by atoms with E-state index in [0.29, 0.717) is 18.6 Å². The molecule has 0 radical (unpaired) electrons. The predicted molar refractivity (Wildman–Crippen MR) is 76.0 cm³/mol. The molecule has 1 amide bonds. The molecule has 1 atom stereocenters. The van der Waals surface area contributed by atoms with Gasteiger partial charge in [-0.25, -0.2) is 4.39 Å². The maximum Gasteiger partial charge on any atom is 0.244 e. The number of rotatable bonds is 7. The third-order valence-electron chi connectivity index (χ3n) is 2.56. The third kappa shape index (κ3) is 5.69. The lowest BCUT2D eigenvalue weighted by molar-refractivity contribution is -0.117. The minimum Gasteiger partial charge on any atom is -0.396 e. The van der Waals surface area contributed by atoms with Crippen LogP contribution < -0.4 is 5.32 Å². The Morgan fingerprint density at radius 2 is 2.35 bits per heavy atom. The number of hydrogen-bond donors (Lipinski definition) is 2. The minimum absolute atomic E-state index is 0.00472. The largest absolute Gasteiger partial charge is 0.396 e. The van der Waals surface area contributed by atoms with Crippen LogP contribution in [-0.4, -0.2) is 37.4 Å². The summed E-state index contributed by atoms with van der Waals surface area (Å²) in [5.41, 5.74) is 0.622. The van der Waals surface area contributed by atoms with Gasteiger partial charge in [0.2, 0.25) is 5.91 Å². The van der Waals surface area contributed by atoms with E-state index in [0.717, 1.165) is 0 Å². The Labute approximate surface area is 122 Å². The van der Waals surface area contributed by atoms with Crippen LogP contribution in [0.2, 0.25) is 5.02 Å². The summed E-state index contributed by atoms with van der Waals surface area (Å²) in [6.45, 7) is 0.286. The highest BCUT2D eigenvalue weighted by atomic mass is 35.5. The highest BCUT2D eigenvalue weighted by molar-refractivity contribution is 6.30. The number of carbonyl (C=O) groups is 1. The molecule has 0 fully saturated rings. The summed E-state index contributed by atoms with van der Waals surface area (Å²) >= 11 is 5.64. The average Bonchev–Trinajstić information content (AvgIpc) is 2.41. The van der Waals surface area contributed by atoms with Gasteiger partial charge in [0.15, 0.2) is 0 Å². The van der Waals surface area contributed by atoms with Crippen molar-refractivity contribution in [2.45, 2.75) is 12.5 Å². The number of amides is 1. The summed E-state index contributed by atoms with van der Waals surface area (Å²) in [4.78, 5) is 11.7. The number of hydrogen-bond acceptors (Lipinski definition) is 3. The number of carbonyl (C=O) groups excluding carboxylic acids is 1. The van der Waals surface area contributed by atoms with Crippen LogP contribution in [0.4, 0.5) is 4.39 Å². The number of methoxy groups -OCH3 is 1. The zero-order valence-electron chi connectivity index (χ0n) is 11.1. The van der Waals surface area contributed by atoms with Crippen molar-refractivity contribution in [1.29, 1.82) is 0 Å². The molecule has 0 aliphatic heterocycles. The molecule has 0 aliphatic carbocycles. The van der Waals surface area contributed by atoms with Gasteiger partial charge in [0.05, 0.1) is 17.7 Å². The van der Waals surface area contributed by atoms with Gasteiger partial charge >= 0.3 is 0 Å². The number of ether oxygens (including phenoxy) is 1. The van der Waals surface area contributed by atoms with Crippen LogP contribution in [0.3, 0.4) is 0 Å². The molecule has 0 spiro atoms. The van der Waals surface area contributed by atoms with Crippen LogP contribution in [0.25, 0.3) is 6.08 Å². The van der Waals surface area contributed by atoms with Gasteiger partial charge in [0.25, 0.3) is 0 Å². The standard InChI is InChI=1S/C14H17ClFNO3/c1-20-9-11(6-7-18)17-14(19)5-3-10-2-4-13(16)12(15)8-10/h2-5,8,11,18H,6-7,9H2,1H3,(H,17,19)/b5-3+. The van der Waals surface area contributed by atoms with Gasteiger partial charge in [-0.2, -0.15) is 0 Å². The molecule has 110 valence electrons. The fourth-order valence-electron chi connectivity index (χ4n) is 1.59. The highest BCUT2D eigenvalue weighted by Crippen LogP contribution is 2.16. The number of aliphatic hydroxyl groups is 1. The smallest absolute Gasteiger partial charge is 0.244 e. The van der Waals surface area contributed by atoms with E-state index in [1.165, 1.54) is 37.5 Å². The van der Waals surface area contributed by atoms with Gasteiger partial charge in [-0.3, -0.25) is 4.79 Å². The predicted octanol–water partition coefficient (Wildman–Crippen LogP) is 2.01. The minimum atomic E-state index is -0.503. The molecule has 6 heteroatoms. The quantitative estimate of drug-likeness (QED) is 0.757. The SMILES string of the molecule is COCC(CCO)NC(=O)/C=C/c1ccc(F)c(Cl)c1. The zero-order chi connectivity index (χ0) is 15.0. The highest BCUT2D eigenvalue weighted by Gasteiger charge is 2.09. The van der Waals surface area contributed by atoms with Crippen LogP contribution in [0.1, 0.15) is 12.0 Å². The molecule has 0 aliphatic rings. The molecular formula is C14H17ClFNO3. The number of aliphatic hydroxyl groups excluding tert-OH is 1. The van der Waals surface area contributed by atoms with Crippen LogP contribution in [-0.2, 0) is 9.53 Å². The van der Waals surface area contributed by atoms with Crippen molar-refractivity contribution in [3.8, 4) is 0 Å². The van der Waals surface area contributed by atoms with Crippen LogP contribution in [0, 0.1) is 5.82 Å². The molecule has 1 aromatic carbocycles. The van der Waals surface area contributed by atoms with E-state index in [1.54, 1.807) is 0 Å². The van der Waals surface area contributed by atoms with Gasteiger partial charge in [-0.1, -0.05) is 17.7 Å². The van der Waals surface area contributed by atoms with Gasteiger partial charge in [0.1, 0.15) is 5.82 Å². The van der Waals surface area contributed by atoms with Gasteiger partial charge < -0.3 is 15.2 Å². The molecular weight excluding hydrogens is 285 g/mol. The zero-order valence-corrected chi connectivity index (χ0v) is 11.9. The summed E-state index contributed by atoms with van der Waals surface area (Å²) in [7, 11) is 1.52. The molecule has 0 aromatic heterocycles. The maximum atomic E-state index is 13.0. The van der Waals surface area contributed by atoms with Crippen molar-refractivity contribution in [2.75, 3.05) is 20.3 Å². The van der Waals surface area contributed by atoms with Crippen molar-refractivity contribution in [2.24, 2.45) is 0 Å². The Kier molecular flexibility index (Phi) is 7.22. The molecule has 20 heavy (non-hydrogen) atoms. The number of nitrogens with one attached hydrogen (secondary N) is 1. The van der Waals surface area contributed by atoms with Gasteiger partial charge in [0, 0.05) is 19.8 Å². The molecule has 0 saturated carbocycles.